The summed E-state index contributed by atoms with van der Waals surface area (Å²) in [4.78, 5) is 21.8. The average Bonchev–Trinajstić information content (AvgIpc) is 3.48. The molecule has 1 atom stereocenters. The summed E-state index contributed by atoms with van der Waals surface area (Å²) in [5.41, 5.74) is 5.96. The standard InChI is InChI=1S/C23H25N3O3/c1-2-28-21(27)23(19-11-3-4-12-24-19)14-25-22(29-23)26-20-17-9-5-7-15(17)13-16-8-6-10-18(16)20/h3-4,11-13H,2,5-10,14H2,1H3,(H,25,26). The van der Waals surface area contributed by atoms with Crippen LogP contribution in [-0.2, 0) is 45.6 Å². The predicted octanol–water partition coefficient (Wildman–Crippen LogP) is 3.32. The van der Waals surface area contributed by atoms with Crippen molar-refractivity contribution >= 4 is 17.7 Å². The first-order valence-corrected chi connectivity index (χ1v) is 10.5. The Balaban J connectivity index is 1.47. The van der Waals surface area contributed by atoms with Crippen molar-refractivity contribution in [1.29, 1.82) is 0 Å². The molecule has 1 N–H and O–H groups in total. The number of nitrogens with zero attached hydrogens (tertiary/aromatic N) is 2. The number of aromatic nitrogens is 1. The Morgan fingerprint density at radius 2 is 1.93 bits per heavy atom. The van der Waals surface area contributed by atoms with E-state index in [0.29, 0.717) is 11.7 Å². The van der Waals surface area contributed by atoms with Gasteiger partial charge in [0.1, 0.15) is 6.54 Å². The number of rotatable bonds is 4. The molecular weight excluding hydrogens is 366 g/mol. The second-order valence-electron chi connectivity index (χ2n) is 7.84. The van der Waals surface area contributed by atoms with Crippen LogP contribution in [0.4, 0.5) is 5.69 Å². The zero-order valence-corrected chi connectivity index (χ0v) is 16.7. The molecule has 0 saturated heterocycles. The zero-order valence-electron chi connectivity index (χ0n) is 16.7. The van der Waals surface area contributed by atoms with Crippen LogP contribution in [0.25, 0.3) is 0 Å². The molecule has 3 aliphatic rings. The van der Waals surface area contributed by atoms with Crippen molar-refractivity contribution in [3.8, 4) is 0 Å². The Kier molecular flexibility index (Phi) is 4.49. The molecule has 5 rings (SSSR count). The minimum absolute atomic E-state index is 0.155. The number of benzene rings is 1. The second-order valence-corrected chi connectivity index (χ2v) is 7.84. The highest BCUT2D eigenvalue weighted by atomic mass is 16.6. The molecule has 2 aliphatic carbocycles. The molecular formula is C23H25N3O3. The largest absolute Gasteiger partial charge is 0.463 e. The molecule has 0 fully saturated rings. The molecule has 0 spiro atoms. The first kappa shape index (κ1) is 18.2. The van der Waals surface area contributed by atoms with Gasteiger partial charge in [0.15, 0.2) is 0 Å². The van der Waals surface area contributed by atoms with Crippen LogP contribution >= 0.6 is 0 Å². The number of carbonyl (C=O) groups excluding carboxylic acids is 1. The van der Waals surface area contributed by atoms with Crippen molar-refractivity contribution in [2.45, 2.75) is 51.0 Å². The van der Waals surface area contributed by atoms with Gasteiger partial charge in [-0.2, -0.15) is 0 Å². The number of pyridine rings is 1. The van der Waals surface area contributed by atoms with Gasteiger partial charge in [-0.3, -0.25) is 4.98 Å². The van der Waals surface area contributed by atoms with Gasteiger partial charge >= 0.3 is 5.97 Å². The van der Waals surface area contributed by atoms with Crippen molar-refractivity contribution in [2.24, 2.45) is 4.99 Å². The maximum atomic E-state index is 12.9. The van der Waals surface area contributed by atoms with E-state index >= 15 is 0 Å². The first-order chi connectivity index (χ1) is 14.2. The van der Waals surface area contributed by atoms with E-state index < -0.39 is 11.6 Å². The number of carbonyl (C=O) groups is 1. The van der Waals surface area contributed by atoms with Gasteiger partial charge in [0.05, 0.1) is 12.3 Å². The SMILES string of the molecule is CCOC(=O)C1(c2ccccn2)CN=C(Nc2c3c(cc4c2CCC4)CCC3)O1. The summed E-state index contributed by atoms with van der Waals surface area (Å²) in [5.74, 6) is -0.456. The molecule has 0 saturated carbocycles. The predicted molar refractivity (Wildman–Crippen MR) is 110 cm³/mol. The highest BCUT2D eigenvalue weighted by molar-refractivity contribution is 5.96. The quantitative estimate of drug-likeness (QED) is 0.810. The van der Waals surface area contributed by atoms with Crippen molar-refractivity contribution in [1.82, 2.24) is 4.98 Å². The summed E-state index contributed by atoms with van der Waals surface area (Å²) in [7, 11) is 0. The Morgan fingerprint density at radius 1 is 1.17 bits per heavy atom. The Morgan fingerprint density at radius 3 is 2.59 bits per heavy atom. The van der Waals surface area contributed by atoms with Crippen molar-refractivity contribution < 1.29 is 14.3 Å². The van der Waals surface area contributed by atoms with Gasteiger partial charge in [0.2, 0.25) is 0 Å². The molecule has 1 unspecified atom stereocenters. The van der Waals surface area contributed by atoms with Gasteiger partial charge in [-0.25, -0.2) is 9.79 Å². The van der Waals surface area contributed by atoms with Crippen molar-refractivity contribution in [3.05, 3.63) is 58.4 Å². The Bertz CT molecular complexity index is 954. The molecule has 0 bridgehead atoms. The third-order valence-electron chi connectivity index (χ3n) is 6.11. The molecule has 29 heavy (non-hydrogen) atoms. The second kappa shape index (κ2) is 7.17. The summed E-state index contributed by atoms with van der Waals surface area (Å²) < 4.78 is 11.5. The van der Waals surface area contributed by atoms with E-state index in [1.165, 1.54) is 35.1 Å². The van der Waals surface area contributed by atoms with Crippen LogP contribution in [0.1, 0.15) is 47.7 Å². The van der Waals surface area contributed by atoms with Gasteiger partial charge in [-0.15, -0.1) is 0 Å². The summed E-state index contributed by atoms with van der Waals surface area (Å²) in [6.07, 6.45) is 8.42. The normalized spacial score (nSPS) is 21.9. The number of hydrogen-bond donors (Lipinski definition) is 1. The molecule has 1 aromatic carbocycles. The number of anilines is 1. The number of amidine groups is 1. The lowest BCUT2D eigenvalue weighted by molar-refractivity contribution is -0.162. The summed E-state index contributed by atoms with van der Waals surface area (Å²) in [6, 6.07) is 8.21. The van der Waals surface area contributed by atoms with Crippen LogP contribution in [-0.4, -0.2) is 30.1 Å². The van der Waals surface area contributed by atoms with Crippen LogP contribution in [0.2, 0.25) is 0 Å². The highest BCUT2D eigenvalue weighted by Crippen LogP contribution is 2.40. The summed E-state index contributed by atoms with van der Waals surface area (Å²) in [6.45, 7) is 2.22. The number of esters is 1. The lowest BCUT2D eigenvalue weighted by Gasteiger charge is -2.26. The molecule has 0 radical (unpaired) electrons. The molecule has 1 aromatic heterocycles. The average molecular weight is 391 g/mol. The third kappa shape index (κ3) is 2.98. The maximum absolute atomic E-state index is 12.9. The van der Waals surface area contributed by atoms with Gasteiger partial charge < -0.3 is 14.8 Å². The van der Waals surface area contributed by atoms with Crippen LogP contribution in [0.3, 0.4) is 0 Å². The lowest BCUT2D eigenvalue weighted by atomic mass is 9.99. The Labute approximate surface area is 170 Å². The number of hydrogen-bond acceptors (Lipinski definition) is 6. The number of aliphatic imine (C=N–C) groups is 1. The van der Waals surface area contributed by atoms with E-state index in [1.54, 1.807) is 19.2 Å². The minimum atomic E-state index is -1.33. The van der Waals surface area contributed by atoms with Gasteiger partial charge in [0.25, 0.3) is 11.6 Å². The monoisotopic (exact) mass is 391 g/mol. The number of ether oxygens (including phenoxy) is 2. The molecule has 2 heterocycles. The first-order valence-electron chi connectivity index (χ1n) is 10.5. The highest BCUT2D eigenvalue weighted by Gasteiger charge is 2.50. The lowest BCUT2D eigenvalue weighted by Crippen LogP contribution is -2.42. The van der Waals surface area contributed by atoms with E-state index in [4.69, 9.17) is 9.47 Å². The number of aryl methyl sites for hydroxylation is 2. The summed E-state index contributed by atoms with van der Waals surface area (Å²) >= 11 is 0. The van der Waals surface area contributed by atoms with Gasteiger partial charge in [0, 0.05) is 11.9 Å². The van der Waals surface area contributed by atoms with Crippen LogP contribution in [0.5, 0.6) is 0 Å². The third-order valence-corrected chi connectivity index (χ3v) is 6.11. The number of fused-ring (bicyclic) bond motifs is 2. The van der Waals surface area contributed by atoms with Crippen LogP contribution in [0.15, 0.2) is 35.5 Å². The smallest absolute Gasteiger partial charge is 0.359 e. The molecule has 2 aromatic rings. The maximum Gasteiger partial charge on any atom is 0.359 e. The fourth-order valence-corrected chi connectivity index (χ4v) is 4.75. The zero-order chi connectivity index (χ0) is 19.8. The van der Waals surface area contributed by atoms with Gasteiger partial charge in [-0.05, 0) is 79.8 Å². The van der Waals surface area contributed by atoms with Gasteiger partial charge in [-0.1, -0.05) is 12.1 Å². The molecule has 150 valence electrons. The molecule has 0 amide bonds. The van der Waals surface area contributed by atoms with E-state index in [2.05, 4.69) is 21.4 Å². The van der Waals surface area contributed by atoms with Crippen molar-refractivity contribution in [2.75, 3.05) is 18.5 Å². The fraction of sp³-hybridized carbons (Fsp3) is 0.435. The topological polar surface area (TPSA) is 72.8 Å². The van der Waals surface area contributed by atoms with E-state index in [0.717, 1.165) is 31.4 Å². The van der Waals surface area contributed by atoms with E-state index in [9.17, 15) is 4.79 Å². The van der Waals surface area contributed by atoms with E-state index in [-0.39, 0.29) is 13.2 Å². The number of nitrogens with one attached hydrogen (secondary N) is 1. The van der Waals surface area contributed by atoms with Crippen LogP contribution < -0.4 is 5.32 Å². The Hall–Kier alpha value is -2.89. The van der Waals surface area contributed by atoms with Crippen LogP contribution in [0, 0.1) is 0 Å². The van der Waals surface area contributed by atoms with E-state index in [1.807, 2.05) is 12.1 Å². The summed E-state index contributed by atoms with van der Waals surface area (Å²) in [5, 5.41) is 3.46. The molecule has 6 nitrogen and oxygen atoms in total. The fourth-order valence-electron chi connectivity index (χ4n) is 4.75. The molecule has 6 heteroatoms. The minimum Gasteiger partial charge on any atom is -0.463 e. The molecule has 1 aliphatic heterocycles. The van der Waals surface area contributed by atoms with Crippen molar-refractivity contribution in [3.63, 3.8) is 0 Å².